The smallest absolute Gasteiger partial charge is 0.341 e. The van der Waals surface area contributed by atoms with Crippen molar-refractivity contribution in [2.75, 3.05) is 7.11 Å². The van der Waals surface area contributed by atoms with Gasteiger partial charge in [0.15, 0.2) is 0 Å². The second-order valence-corrected chi connectivity index (χ2v) is 2.73. The zero-order valence-electron chi connectivity index (χ0n) is 7.79. The lowest BCUT2D eigenvalue weighted by Gasteiger charge is -2.07. The number of rotatable bonds is 2. The molecule has 0 amide bonds. The van der Waals surface area contributed by atoms with Gasteiger partial charge in [-0.2, -0.15) is 0 Å². The molecule has 1 N–H and O–H groups in total. The molecule has 0 bridgehead atoms. The maximum atomic E-state index is 10.8. The lowest BCUT2D eigenvalue weighted by Crippen LogP contribution is -2.05. The lowest BCUT2D eigenvalue weighted by molar-refractivity contribution is 0.0692. The van der Waals surface area contributed by atoms with Crippen molar-refractivity contribution in [2.45, 2.75) is 13.8 Å². The number of aromatic carboxylic acids is 1. The fraction of sp³-hybridized carbons (Fsp3) is 0.333. The van der Waals surface area contributed by atoms with E-state index in [9.17, 15) is 4.79 Å². The summed E-state index contributed by atoms with van der Waals surface area (Å²) in [4.78, 5) is 14.8. The van der Waals surface area contributed by atoms with Crippen molar-refractivity contribution in [1.82, 2.24) is 4.98 Å². The van der Waals surface area contributed by atoms with Gasteiger partial charge in [0.05, 0.1) is 12.8 Å². The number of hydrogen-bond donors (Lipinski definition) is 1. The molecule has 0 fully saturated rings. The number of methoxy groups -OCH3 is 1. The van der Waals surface area contributed by atoms with Crippen LogP contribution in [0.25, 0.3) is 0 Å². The number of carboxylic acid groups (broad SMARTS) is 1. The van der Waals surface area contributed by atoms with E-state index in [4.69, 9.17) is 9.84 Å². The number of ether oxygens (including phenoxy) is 1. The third kappa shape index (κ3) is 1.77. The van der Waals surface area contributed by atoms with Gasteiger partial charge < -0.3 is 9.84 Å². The molecule has 4 heteroatoms. The Bertz CT molecular complexity index is 347. The van der Waals surface area contributed by atoms with Crippen LogP contribution >= 0.6 is 0 Å². The quantitative estimate of drug-likeness (QED) is 0.749. The predicted octanol–water partition coefficient (Wildman–Crippen LogP) is 1.41. The van der Waals surface area contributed by atoms with E-state index in [2.05, 4.69) is 4.98 Å². The largest absolute Gasteiger partial charge is 0.496 e. The first-order valence-corrected chi connectivity index (χ1v) is 3.81. The molecule has 0 aliphatic heterocycles. The molecule has 0 saturated heterocycles. The van der Waals surface area contributed by atoms with Gasteiger partial charge in [-0.15, -0.1) is 0 Å². The number of nitrogens with zero attached hydrogens (tertiary/aromatic N) is 1. The first-order chi connectivity index (χ1) is 6.06. The summed E-state index contributed by atoms with van der Waals surface area (Å²) in [7, 11) is 1.45. The van der Waals surface area contributed by atoms with Crippen molar-refractivity contribution < 1.29 is 14.6 Å². The average molecular weight is 181 g/mol. The van der Waals surface area contributed by atoms with E-state index in [0.717, 1.165) is 5.69 Å². The third-order valence-electron chi connectivity index (χ3n) is 1.73. The van der Waals surface area contributed by atoms with Crippen LogP contribution in [0.1, 0.15) is 21.7 Å². The second-order valence-electron chi connectivity index (χ2n) is 2.73. The van der Waals surface area contributed by atoms with Crippen LogP contribution in [0.15, 0.2) is 6.07 Å². The molecule has 0 unspecified atom stereocenters. The number of aromatic nitrogens is 1. The summed E-state index contributed by atoms with van der Waals surface area (Å²) in [5.41, 5.74) is 1.36. The maximum Gasteiger partial charge on any atom is 0.341 e. The van der Waals surface area contributed by atoms with Gasteiger partial charge in [-0.3, -0.25) is 4.98 Å². The van der Waals surface area contributed by atoms with Crippen LogP contribution in [0.3, 0.4) is 0 Å². The molecule has 1 aromatic rings. The van der Waals surface area contributed by atoms with Gasteiger partial charge in [0.1, 0.15) is 11.3 Å². The van der Waals surface area contributed by atoms with E-state index < -0.39 is 5.97 Å². The molecule has 0 radical (unpaired) electrons. The Balaban J connectivity index is 3.38. The molecule has 13 heavy (non-hydrogen) atoms. The Kier molecular flexibility index (Phi) is 2.51. The van der Waals surface area contributed by atoms with Crippen molar-refractivity contribution in [1.29, 1.82) is 0 Å². The van der Waals surface area contributed by atoms with Crippen molar-refractivity contribution in [3.63, 3.8) is 0 Å². The molecule has 0 aliphatic rings. The van der Waals surface area contributed by atoms with E-state index in [1.54, 1.807) is 19.9 Å². The van der Waals surface area contributed by atoms with Gasteiger partial charge in [-0.1, -0.05) is 0 Å². The first-order valence-electron chi connectivity index (χ1n) is 3.81. The van der Waals surface area contributed by atoms with Crippen LogP contribution in [-0.4, -0.2) is 23.2 Å². The van der Waals surface area contributed by atoms with Crippen LogP contribution in [0, 0.1) is 13.8 Å². The van der Waals surface area contributed by atoms with E-state index in [-0.39, 0.29) is 5.56 Å². The maximum absolute atomic E-state index is 10.8. The Morgan fingerprint density at radius 3 is 2.62 bits per heavy atom. The molecular formula is C9H11NO3. The highest BCUT2D eigenvalue weighted by atomic mass is 16.5. The fourth-order valence-corrected chi connectivity index (χ4v) is 1.21. The summed E-state index contributed by atoms with van der Waals surface area (Å²) < 4.78 is 4.95. The minimum atomic E-state index is -1.01. The van der Waals surface area contributed by atoms with E-state index in [0.29, 0.717) is 11.4 Å². The Morgan fingerprint density at radius 2 is 2.15 bits per heavy atom. The number of hydrogen-bond acceptors (Lipinski definition) is 3. The average Bonchev–Trinajstić information content (AvgIpc) is 2.01. The van der Waals surface area contributed by atoms with Crippen LogP contribution in [0.5, 0.6) is 5.75 Å². The highest BCUT2D eigenvalue weighted by molar-refractivity contribution is 5.92. The molecule has 0 atom stereocenters. The van der Waals surface area contributed by atoms with Gasteiger partial charge in [0.25, 0.3) is 0 Å². The van der Waals surface area contributed by atoms with Crippen molar-refractivity contribution in [2.24, 2.45) is 0 Å². The molecular weight excluding hydrogens is 170 g/mol. The predicted molar refractivity (Wildman–Crippen MR) is 47.2 cm³/mol. The molecule has 4 nitrogen and oxygen atoms in total. The second kappa shape index (κ2) is 3.43. The Morgan fingerprint density at radius 1 is 1.54 bits per heavy atom. The highest BCUT2D eigenvalue weighted by Crippen LogP contribution is 2.21. The molecule has 1 aromatic heterocycles. The van der Waals surface area contributed by atoms with Gasteiger partial charge in [-0.25, -0.2) is 4.79 Å². The number of aryl methyl sites for hydroxylation is 2. The number of carbonyl (C=O) groups is 1. The molecule has 0 spiro atoms. The summed E-state index contributed by atoms with van der Waals surface area (Å²) in [6.07, 6.45) is 0. The summed E-state index contributed by atoms with van der Waals surface area (Å²) >= 11 is 0. The number of carboxylic acids is 1. The van der Waals surface area contributed by atoms with Crippen LogP contribution in [0.4, 0.5) is 0 Å². The van der Waals surface area contributed by atoms with Gasteiger partial charge in [-0.05, 0) is 13.8 Å². The minimum Gasteiger partial charge on any atom is -0.496 e. The first kappa shape index (κ1) is 9.51. The van der Waals surface area contributed by atoms with Crippen LogP contribution < -0.4 is 4.74 Å². The molecule has 70 valence electrons. The van der Waals surface area contributed by atoms with Gasteiger partial charge in [0, 0.05) is 11.8 Å². The number of pyridine rings is 1. The van der Waals surface area contributed by atoms with Crippen LogP contribution in [-0.2, 0) is 0 Å². The topological polar surface area (TPSA) is 59.4 Å². The standard InChI is InChI=1S/C9H11NO3/c1-5-4-7(13-3)8(9(11)12)6(2)10-5/h4H,1-3H3,(H,11,12). The van der Waals surface area contributed by atoms with Crippen molar-refractivity contribution in [3.8, 4) is 5.75 Å². The third-order valence-corrected chi connectivity index (χ3v) is 1.73. The Hall–Kier alpha value is -1.58. The molecule has 1 rings (SSSR count). The summed E-state index contributed by atoms with van der Waals surface area (Å²) in [5, 5.41) is 8.85. The SMILES string of the molecule is COc1cc(C)nc(C)c1C(=O)O. The van der Waals surface area contributed by atoms with E-state index >= 15 is 0 Å². The van der Waals surface area contributed by atoms with Crippen LogP contribution in [0.2, 0.25) is 0 Å². The summed E-state index contributed by atoms with van der Waals surface area (Å²) in [6, 6.07) is 1.61. The summed E-state index contributed by atoms with van der Waals surface area (Å²) in [5.74, 6) is -0.653. The summed E-state index contributed by atoms with van der Waals surface area (Å²) in [6.45, 7) is 3.44. The normalized spacial score (nSPS) is 9.77. The van der Waals surface area contributed by atoms with Crippen molar-refractivity contribution in [3.05, 3.63) is 23.0 Å². The lowest BCUT2D eigenvalue weighted by atomic mass is 10.1. The molecule has 0 saturated carbocycles. The fourth-order valence-electron chi connectivity index (χ4n) is 1.21. The zero-order valence-corrected chi connectivity index (χ0v) is 7.79. The monoisotopic (exact) mass is 181 g/mol. The molecule has 0 aliphatic carbocycles. The van der Waals surface area contributed by atoms with Crippen molar-refractivity contribution >= 4 is 5.97 Å². The molecule has 1 heterocycles. The highest BCUT2D eigenvalue weighted by Gasteiger charge is 2.15. The van der Waals surface area contributed by atoms with Gasteiger partial charge in [0.2, 0.25) is 0 Å². The van der Waals surface area contributed by atoms with Gasteiger partial charge >= 0.3 is 5.97 Å². The Labute approximate surface area is 76.2 Å². The van der Waals surface area contributed by atoms with E-state index in [1.165, 1.54) is 7.11 Å². The van der Waals surface area contributed by atoms with E-state index in [1.807, 2.05) is 0 Å². The minimum absolute atomic E-state index is 0.133. The molecule has 0 aromatic carbocycles. The zero-order chi connectivity index (χ0) is 10.0.